The number of anilines is 1. The maximum absolute atomic E-state index is 12.6. The van der Waals surface area contributed by atoms with Crippen LogP contribution in [0.25, 0.3) is 11.3 Å². The fraction of sp³-hybridized carbons (Fsp3) is 0.238. The van der Waals surface area contributed by atoms with Crippen molar-refractivity contribution in [1.82, 2.24) is 9.55 Å². The Hall–Kier alpha value is -2.93. The summed E-state index contributed by atoms with van der Waals surface area (Å²) < 4.78 is 12.7. The van der Waals surface area contributed by atoms with E-state index in [9.17, 15) is 4.79 Å². The van der Waals surface area contributed by atoms with Crippen molar-refractivity contribution in [2.45, 2.75) is 24.3 Å². The largest absolute Gasteiger partial charge is 0.454 e. The summed E-state index contributed by atoms with van der Waals surface area (Å²) in [6, 6.07) is 13.7. The third kappa shape index (κ3) is 3.71. The molecule has 7 heteroatoms. The van der Waals surface area contributed by atoms with Gasteiger partial charge in [-0.05, 0) is 31.5 Å². The first-order valence-electron chi connectivity index (χ1n) is 8.97. The van der Waals surface area contributed by atoms with Gasteiger partial charge in [-0.25, -0.2) is 4.98 Å². The molecule has 0 unspecified atom stereocenters. The van der Waals surface area contributed by atoms with Crippen LogP contribution in [0.4, 0.5) is 5.69 Å². The van der Waals surface area contributed by atoms with Crippen molar-refractivity contribution in [2.24, 2.45) is 7.05 Å². The van der Waals surface area contributed by atoms with Crippen LogP contribution in [-0.4, -0.2) is 27.5 Å². The topological polar surface area (TPSA) is 65.4 Å². The Morgan fingerprint density at radius 2 is 1.93 bits per heavy atom. The summed E-state index contributed by atoms with van der Waals surface area (Å²) in [5.74, 6) is 1.24. The van der Waals surface area contributed by atoms with Crippen LogP contribution in [0, 0.1) is 6.92 Å². The van der Waals surface area contributed by atoms with E-state index in [0.29, 0.717) is 17.2 Å². The molecule has 0 saturated carbocycles. The molecule has 0 saturated heterocycles. The minimum atomic E-state index is -0.308. The average molecular weight is 395 g/mol. The van der Waals surface area contributed by atoms with Crippen LogP contribution in [0.1, 0.15) is 12.5 Å². The Morgan fingerprint density at radius 1 is 1.18 bits per heavy atom. The minimum absolute atomic E-state index is 0.0937. The van der Waals surface area contributed by atoms with E-state index in [0.717, 1.165) is 16.4 Å². The number of fused-ring (bicyclic) bond motifs is 1. The number of imidazole rings is 1. The van der Waals surface area contributed by atoms with Gasteiger partial charge in [-0.1, -0.05) is 41.6 Å². The maximum atomic E-state index is 12.6. The van der Waals surface area contributed by atoms with Crippen LogP contribution in [-0.2, 0) is 11.8 Å². The molecule has 0 aliphatic carbocycles. The van der Waals surface area contributed by atoms with Crippen molar-refractivity contribution in [3.05, 3.63) is 54.2 Å². The third-order valence-corrected chi connectivity index (χ3v) is 5.74. The van der Waals surface area contributed by atoms with E-state index in [2.05, 4.69) is 41.5 Å². The highest BCUT2D eigenvalue weighted by atomic mass is 32.2. The summed E-state index contributed by atoms with van der Waals surface area (Å²) in [7, 11) is 1.97. The highest BCUT2D eigenvalue weighted by Gasteiger charge is 2.20. The molecule has 0 spiro atoms. The van der Waals surface area contributed by atoms with Crippen molar-refractivity contribution in [3.8, 4) is 22.8 Å². The van der Waals surface area contributed by atoms with Gasteiger partial charge in [-0.3, -0.25) is 4.79 Å². The number of carbonyl (C=O) groups excluding carboxylic acids is 1. The van der Waals surface area contributed by atoms with Crippen LogP contribution in [0.2, 0.25) is 0 Å². The maximum Gasteiger partial charge on any atom is 0.237 e. The zero-order valence-corrected chi connectivity index (χ0v) is 16.7. The second-order valence-electron chi connectivity index (χ2n) is 6.67. The predicted octanol–water partition coefficient (Wildman–Crippen LogP) is 4.24. The number of nitrogens with one attached hydrogen (secondary N) is 1. The van der Waals surface area contributed by atoms with Crippen molar-refractivity contribution in [3.63, 3.8) is 0 Å². The summed E-state index contributed by atoms with van der Waals surface area (Å²) in [6.45, 7) is 4.14. The van der Waals surface area contributed by atoms with Crippen LogP contribution >= 0.6 is 11.8 Å². The molecule has 6 nitrogen and oxygen atoms in total. The molecule has 0 bridgehead atoms. The number of hydrogen-bond donors (Lipinski definition) is 1. The first-order chi connectivity index (χ1) is 13.5. The molecule has 2 heterocycles. The smallest absolute Gasteiger partial charge is 0.237 e. The number of nitrogens with zero attached hydrogens (tertiary/aromatic N) is 2. The lowest BCUT2D eigenvalue weighted by atomic mass is 10.1. The second kappa shape index (κ2) is 7.59. The van der Waals surface area contributed by atoms with E-state index in [1.54, 1.807) is 18.2 Å². The predicted molar refractivity (Wildman–Crippen MR) is 110 cm³/mol. The molecule has 1 amide bonds. The second-order valence-corrected chi connectivity index (χ2v) is 7.98. The third-order valence-electron chi connectivity index (χ3n) is 4.58. The van der Waals surface area contributed by atoms with Gasteiger partial charge in [0.1, 0.15) is 0 Å². The van der Waals surface area contributed by atoms with Gasteiger partial charge >= 0.3 is 0 Å². The van der Waals surface area contributed by atoms with E-state index in [1.807, 2.05) is 24.7 Å². The molecule has 1 aromatic heterocycles. The van der Waals surface area contributed by atoms with Gasteiger partial charge in [0.25, 0.3) is 0 Å². The number of thioether (sulfide) groups is 1. The van der Waals surface area contributed by atoms with Crippen LogP contribution in [0.5, 0.6) is 11.5 Å². The van der Waals surface area contributed by atoms with Crippen molar-refractivity contribution < 1.29 is 14.3 Å². The van der Waals surface area contributed by atoms with Gasteiger partial charge in [0.15, 0.2) is 16.7 Å². The standard InChI is InChI=1S/C21H21N3O3S/c1-13-4-6-15(7-5-13)17-11-22-21(24(17)3)28-14(2)20(25)23-16-8-9-18-19(10-16)27-12-26-18/h4-11,14H,12H2,1-3H3,(H,23,25)/t14-/m1/s1. The van der Waals surface area contributed by atoms with Gasteiger partial charge in [0.2, 0.25) is 12.7 Å². The Labute approximate surface area is 167 Å². The molecule has 1 aliphatic heterocycles. The monoisotopic (exact) mass is 395 g/mol. The van der Waals surface area contributed by atoms with E-state index in [1.165, 1.54) is 17.3 Å². The minimum Gasteiger partial charge on any atom is -0.454 e. The van der Waals surface area contributed by atoms with Gasteiger partial charge in [-0.15, -0.1) is 0 Å². The van der Waals surface area contributed by atoms with Gasteiger partial charge in [0.05, 0.1) is 17.1 Å². The quantitative estimate of drug-likeness (QED) is 0.655. The SMILES string of the molecule is Cc1ccc(-c2cnc(S[C@H](C)C(=O)Nc3ccc4c(c3)OCO4)n2C)cc1. The summed E-state index contributed by atoms with van der Waals surface area (Å²) in [6.07, 6.45) is 1.84. The highest BCUT2D eigenvalue weighted by molar-refractivity contribution is 8.00. The number of carbonyl (C=O) groups is 1. The number of amides is 1. The zero-order valence-electron chi connectivity index (χ0n) is 15.9. The van der Waals surface area contributed by atoms with Crippen LogP contribution in [0.15, 0.2) is 53.8 Å². The van der Waals surface area contributed by atoms with Crippen molar-refractivity contribution >= 4 is 23.4 Å². The molecule has 1 atom stereocenters. The number of ether oxygens (including phenoxy) is 2. The number of aryl methyl sites for hydroxylation is 1. The molecule has 0 radical (unpaired) electrons. The van der Waals surface area contributed by atoms with Crippen LogP contribution in [0.3, 0.4) is 0 Å². The molecule has 28 heavy (non-hydrogen) atoms. The fourth-order valence-corrected chi connectivity index (χ4v) is 3.78. The molecule has 4 rings (SSSR count). The molecule has 1 N–H and O–H groups in total. The Morgan fingerprint density at radius 3 is 2.71 bits per heavy atom. The lowest BCUT2D eigenvalue weighted by Gasteiger charge is -2.13. The summed E-state index contributed by atoms with van der Waals surface area (Å²) >= 11 is 1.43. The Kier molecular flexibility index (Phi) is 5.00. The Balaban J connectivity index is 1.44. The normalized spacial score (nSPS) is 13.4. The van der Waals surface area contributed by atoms with Crippen molar-refractivity contribution in [2.75, 3.05) is 12.1 Å². The van der Waals surface area contributed by atoms with E-state index in [-0.39, 0.29) is 18.0 Å². The zero-order chi connectivity index (χ0) is 19.7. The molecular weight excluding hydrogens is 374 g/mol. The lowest BCUT2D eigenvalue weighted by Crippen LogP contribution is -2.22. The highest BCUT2D eigenvalue weighted by Crippen LogP contribution is 2.34. The summed E-state index contributed by atoms with van der Waals surface area (Å²) in [4.78, 5) is 17.1. The van der Waals surface area contributed by atoms with Crippen LogP contribution < -0.4 is 14.8 Å². The number of aromatic nitrogens is 2. The molecule has 3 aromatic rings. The molecule has 144 valence electrons. The first-order valence-corrected chi connectivity index (χ1v) is 9.85. The summed E-state index contributed by atoms with van der Waals surface area (Å²) in [5.41, 5.74) is 4.02. The van der Waals surface area contributed by atoms with Gasteiger partial charge < -0.3 is 19.4 Å². The number of rotatable bonds is 5. The number of hydrogen-bond acceptors (Lipinski definition) is 5. The van der Waals surface area contributed by atoms with E-state index in [4.69, 9.17) is 9.47 Å². The summed E-state index contributed by atoms with van der Waals surface area (Å²) in [5, 5.41) is 3.41. The van der Waals surface area contributed by atoms with Gasteiger partial charge in [0, 0.05) is 18.8 Å². The van der Waals surface area contributed by atoms with Gasteiger partial charge in [-0.2, -0.15) is 0 Å². The first kappa shape index (κ1) is 18.4. The molecule has 1 aliphatic rings. The Bertz CT molecular complexity index is 1010. The number of benzene rings is 2. The molecular formula is C21H21N3O3S. The fourth-order valence-electron chi connectivity index (χ4n) is 2.92. The van der Waals surface area contributed by atoms with E-state index >= 15 is 0 Å². The molecule has 0 fully saturated rings. The lowest BCUT2D eigenvalue weighted by molar-refractivity contribution is -0.115. The molecule has 2 aromatic carbocycles. The van der Waals surface area contributed by atoms with E-state index < -0.39 is 0 Å². The van der Waals surface area contributed by atoms with Crippen molar-refractivity contribution in [1.29, 1.82) is 0 Å². The average Bonchev–Trinajstić information content (AvgIpc) is 3.29.